The fourth-order valence-electron chi connectivity index (χ4n) is 2.89. The number of likely N-dealkylation sites (N-methyl/N-ethyl adjacent to an activating group) is 1. The summed E-state index contributed by atoms with van der Waals surface area (Å²) in [4.78, 5) is 13.7. The van der Waals surface area contributed by atoms with Crippen molar-refractivity contribution in [1.82, 2.24) is 4.90 Å². The maximum atomic E-state index is 12.2. The number of amides is 1. The van der Waals surface area contributed by atoms with Crippen molar-refractivity contribution in [3.8, 4) is 17.2 Å². The lowest BCUT2D eigenvalue weighted by Crippen LogP contribution is -2.38. The van der Waals surface area contributed by atoms with Gasteiger partial charge in [0.25, 0.3) is 0 Å². The number of rotatable bonds is 2. The van der Waals surface area contributed by atoms with E-state index in [-0.39, 0.29) is 12.5 Å². The number of benzene rings is 1. The Balaban J connectivity index is 1.84. The Kier molecular flexibility index (Phi) is 4.21. The van der Waals surface area contributed by atoms with Crippen LogP contribution in [0, 0.1) is 0 Å². The van der Waals surface area contributed by atoms with Gasteiger partial charge < -0.3 is 29.0 Å². The van der Waals surface area contributed by atoms with Crippen LogP contribution in [0.4, 0.5) is 4.79 Å². The quantitative estimate of drug-likeness (QED) is 0.894. The zero-order valence-corrected chi connectivity index (χ0v) is 14.4. The van der Waals surface area contributed by atoms with Gasteiger partial charge in [-0.3, -0.25) is 0 Å². The van der Waals surface area contributed by atoms with E-state index in [2.05, 4.69) is 0 Å². The molecule has 2 heterocycles. The van der Waals surface area contributed by atoms with Crippen LogP contribution in [0.15, 0.2) is 6.07 Å². The Morgan fingerprint density at radius 1 is 1.42 bits per heavy atom. The van der Waals surface area contributed by atoms with Crippen molar-refractivity contribution in [3.05, 3.63) is 17.2 Å². The molecule has 0 saturated carbocycles. The van der Waals surface area contributed by atoms with Crippen molar-refractivity contribution in [2.75, 3.05) is 27.0 Å². The number of nitrogens with zero attached hydrogens (tertiary/aromatic N) is 1. The number of carbonyl (C=O) groups is 1. The molecular formula is C17H23NO6. The second-order valence-corrected chi connectivity index (χ2v) is 6.99. The number of phenols is 1. The molecule has 0 saturated heterocycles. The van der Waals surface area contributed by atoms with Crippen LogP contribution in [-0.2, 0) is 15.9 Å². The Morgan fingerprint density at radius 2 is 2.17 bits per heavy atom. The summed E-state index contributed by atoms with van der Waals surface area (Å²) < 4.78 is 22.1. The number of carbonyl (C=O) groups excluding carboxylic acids is 1. The van der Waals surface area contributed by atoms with Gasteiger partial charge in [0.1, 0.15) is 17.5 Å². The van der Waals surface area contributed by atoms with E-state index in [9.17, 15) is 9.90 Å². The smallest absolute Gasteiger partial charge is 0.410 e. The average molecular weight is 337 g/mol. The van der Waals surface area contributed by atoms with E-state index in [0.29, 0.717) is 31.1 Å². The van der Waals surface area contributed by atoms with E-state index in [1.54, 1.807) is 13.1 Å². The molecule has 0 aliphatic carbocycles. The molecule has 24 heavy (non-hydrogen) atoms. The molecule has 7 nitrogen and oxygen atoms in total. The maximum Gasteiger partial charge on any atom is 0.410 e. The highest BCUT2D eigenvalue weighted by Gasteiger charge is 2.34. The molecule has 1 aromatic rings. The monoisotopic (exact) mass is 337 g/mol. The molecule has 132 valence electrons. The first-order valence-electron chi connectivity index (χ1n) is 7.96. The first-order chi connectivity index (χ1) is 11.3. The van der Waals surface area contributed by atoms with Gasteiger partial charge >= 0.3 is 6.09 Å². The largest absolute Gasteiger partial charge is 0.508 e. The Bertz CT molecular complexity index is 648. The van der Waals surface area contributed by atoms with Crippen LogP contribution >= 0.6 is 0 Å². The normalized spacial score (nSPS) is 18.9. The van der Waals surface area contributed by atoms with Crippen LogP contribution < -0.4 is 9.47 Å². The lowest BCUT2D eigenvalue weighted by Gasteiger charge is -2.31. The molecule has 0 aromatic heterocycles. The van der Waals surface area contributed by atoms with Gasteiger partial charge in [-0.25, -0.2) is 4.79 Å². The summed E-state index contributed by atoms with van der Waals surface area (Å²) in [5, 5.41) is 10.2. The molecule has 2 aliphatic heterocycles. The number of fused-ring (bicyclic) bond motifs is 3. The molecule has 0 radical (unpaired) electrons. The zero-order chi connectivity index (χ0) is 17.5. The van der Waals surface area contributed by atoms with Gasteiger partial charge in [-0.05, 0) is 27.2 Å². The molecule has 0 fully saturated rings. The summed E-state index contributed by atoms with van der Waals surface area (Å²) in [5.74, 6) is 1.26. The van der Waals surface area contributed by atoms with Crippen LogP contribution in [0.1, 0.15) is 38.0 Å². The molecule has 0 unspecified atom stereocenters. The molecule has 1 aromatic carbocycles. The topological polar surface area (TPSA) is 77.5 Å². The van der Waals surface area contributed by atoms with Crippen LogP contribution in [-0.4, -0.2) is 48.7 Å². The first-order valence-corrected chi connectivity index (χ1v) is 7.96. The van der Waals surface area contributed by atoms with Crippen molar-refractivity contribution in [1.29, 1.82) is 0 Å². The number of hydrogen-bond donors (Lipinski definition) is 1. The lowest BCUT2D eigenvalue weighted by molar-refractivity contribution is -0.00283. The van der Waals surface area contributed by atoms with Crippen molar-refractivity contribution in [3.63, 3.8) is 0 Å². The zero-order valence-electron chi connectivity index (χ0n) is 14.4. The van der Waals surface area contributed by atoms with Crippen LogP contribution in [0.2, 0.25) is 0 Å². The van der Waals surface area contributed by atoms with Gasteiger partial charge in [-0.15, -0.1) is 0 Å². The fraction of sp³-hybridized carbons (Fsp3) is 0.588. The summed E-state index contributed by atoms with van der Waals surface area (Å²) >= 11 is 0. The van der Waals surface area contributed by atoms with Gasteiger partial charge in [0.2, 0.25) is 6.79 Å². The minimum atomic E-state index is -0.562. The Labute approximate surface area is 141 Å². The van der Waals surface area contributed by atoms with Crippen molar-refractivity contribution in [2.24, 2.45) is 0 Å². The molecule has 7 heteroatoms. The van der Waals surface area contributed by atoms with Crippen LogP contribution in [0.25, 0.3) is 0 Å². The van der Waals surface area contributed by atoms with E-state index in [1.807, 2.05) is 20.8 Å². The molecule has 1 N–H and O–H groups in total. The van der Waals surface area contributed by atoms with Gasteiger partial charge in [0.15, 0.2) is 11.5 Å². The van der Waals surface area contributed by atoms with E-state index in [0.717, 1.165) is 11.1 Å². The SMILES string of the molecule is CN(C[C@H]1OCCc2c(O)cc3c(c21)OCO3)C(=O)OC(C)(C)C. The van der Waals surface area contributed by atoms with Gasteiger partial charge in [0.05, 0.1) is 13.2 Å². The van der Waals surface area contributed by atoms with Gasteiger partial charge in [0, 0.05) is 24.2 Å². The van der Waals surface area contributed by atoms with Crippen molar-refractivity contribution < 1.29 is 28.8 Å². The van der Waals surface area contributed by atoms with Crippen LogP contribution in [0.5, 0.6) is 17.2 Å². The number of hydrogen-bond acceptors (Lipinski definition) is 6. The number of phenolic OH excluding ortho intramolecular Hbond substituents is 1. The highest BCUT2D eigenvalue weighted by Crippen LogP contribution is 2.47. The van der Waals surface area contributed by atoms with Crippen molar-refractivity contribution in [2.45, 2.75) is 38.9 Å². The summed E-state index contributed by atoms with van der Waals surface area (Å²) in [6.07, 6.45) is -0.245. The lowest BCUT2D eigenvalue weighted by atomic mass is 9.94. The maximum absolute atomic E-state index is 12.2. The summed E-state index contributed by atoms with van der Waals surface area (Å²) in [6, 6.07) is 1.57. The molecule has 3 rings (SSSR count). The molecule has 1 atom stereocenters. The van der Waals surface area contributed by atoms with Gasteiger partial charge in [-0.1, -0.05) is 0 Å². The Hall–Kier alpha value is -2.15. The minimum Gasteiger partial charge on any atom is -0.508 e. The predicted octanol–water partition coefficient (Wildman–Crippen LogP) is 2.60. The third-order valence-corrected chi connectivity index (χ3v) is 3.93. The van der Waals surface area contributed by atoms with Crippen molar-refractivity contribution >= 4 is 6.09 Å². The fourth-order valence-corrected chi connectivity index (χ4v) is 2.89. The highest BCUT2D eigenvalue weighted by atomic mass is 16.7. The molecule has 0 spiro atoms. The third kappa shape index (κ3) is 3.21. The predicted molar refractivity (Wildman–Crippen MR) is 85.5 cm³/mol. The number of ether oxygens (including phenoxy) is 4. The van der Waals surface area contributed by atoms with E-state index < -0.39 is 17.8 Å². The van der Waals surface area contributed by atoms with E-state index >= 15 is 0 Å². The molecular weight excluding hydrogens is 314 g/mol. The standard InChI is InChI=1S/C17H23NO6/c1-17(2,3)24-16(20)18(4)8-13-14-10(5-6-21-13)11(19)7-12-15(14)23-9-22-12/h7,13,19H,5-6,8-9H2,1-4H3/t13-/m1/s1. The minimum absolute atomic E-state index is 0.111. The molecule has 1 amide bonds. The van der Waals surface area contributed by atoms with E-state index in [4.69, 9.17) is 18.9 Å². The highest BCUT2D eigenvalue weighted by molar-refractivity contribution is 5.68. The summed E-state index contributed by atoms with van der Waals surface area (Å²) in [7, 11) is 1.66. The van der Waals surface area contributed by atoms with Gasteiger partial charge in [-0.2, -0.15) is 0 Å². The Morgan fingerprint density at radius 3 is 2.88 bits per heavy atom. The second-order valence-electron chi connectivity index (χ2n) is 6.99. The number of aromatic hydroxyl groups is 1. The van der Waals surface area contributed by atoms with E-state index in [1.165, 1.54) is 4.90 Å². The summed E-state index contributed by atoms with van der Waals surface area (Å²) in [6.45, 7) is 6.33. The summed E-state index contributed by atoms with van der Waals surface area (Å²) in [5.41, 5.74) is 0.977. The molecule has 2 aliphatic rings. The third-order valence-electron chi connectivity index (χ3n) is 3.93. The average Bonchev–Trinajstić information content (AvgIpc) is 2.93. The first kappa shape index (κ1) is 16.7. The molecule has 0 bridgehead atoms. The van der Waals surface area contributed by atoms with Crippen LogP contribution in [0.3, 0.4) is 0 Å². The second kappa shape index (κ2) is 6.05.